The minimum absolute atomic E-state index is 0. The standard InChI is InChI=1S/C12H17FN2O2.ClH/c1-15(12(16)6-7-14)8-9-17-11-4-2-10(13)3-5-11;/h2-5H,6-9,14H2,1H3;1H. The molecule has 102 valence electrons. The fourth-order valence-electron chi connectivity index (χ4n) is 1.27. The van der Waals surface area contributed by atoms with E-state index in [0.29, 0.717) is 31.9 Å². The molecule has 0 saturated carbocycles. The van der Waals surface area contributed by atoms with Crippen LogP contribution >= 0.6 is 12.4 Å². The Labute approximate surface area is 112 Å². The van der Waals surface area contributed by atoms with Crippen molar-refractivity contribution in [1.29, 1.82) is 0 Å². The van der Waals surface area contributed by atoms with E-state index in [0.717, 1.165) is 0 Å². The summed E-state index contributed by atoms with van der Waals surface area (Å²) in [5.41, 5.74) is 5.29. The van der Waals surface area contributed by atoms with Gasteiger partial charge in [0.2, 0.25) is 5.91 Å². The van der Waals surface area contributed by atoms with Crippen LogP contribution in [0.4, 0.5) is 4.39 Å². The van der Waals surface area contributed by atoms with Gasteiger partial charge in [0.05, 0.1) is 6.54 Å². The van der Waals surface area contributed by atoms with E-state index in [1.165, 1.54) is 12.1 Å². The number of hydrogen-bond donors (Lipinski definition) is 1. The Morgan fingerprint density at radius 3 is 2.56 bits per heavy atom. The van der Waals surface area contributed by atoms with Crippen molar-refractivity contribution in [2.45, 2.75) is 6.42 Å². The Balaban J connectivity index is 0.00000289. The molecule has 0 spiro atoms. The minimum Gasteiger partial charge on any atom is -0.492 e. The number of likely N-dealkylation sites (N-methyl/N-ethyl adjacent to an activating group) is 1. The zero-order chi connectivity index (χ0) is 12.7. The van der Waals surface area contributed by atoms with Gasteiger partial charge in [0.1, 0.15) is 18.2 Å². The molecule has 0 aromatic heterocycles. The molecule has 0 aliphatic rings. The smallest absolute Gasteiger partial charge is 0.223 e. The molecule has 0 radical (unpaired) electrons. The van der Waals surface area contributed by atoms with E-state index < -0.39 is 0 Å². The van der Waals surface area contributed by atoms with Crippen molar-refractivity contribution < 1.29 is 13.9 Å². The van der Waals surface area contributed by atoms with Crippen LogP contribution in [0.3, 0.4) is 0 Å². The quantitative estimate of drug-likeness (QED) is 0.855. The summed E-state index contributed by atoms with van der Waals surface area (Å²) in [6.07, 6.45) is 0.340. The Bertz CT molecular complexity index is 360. The molecule has 2 N–H and O–H groups in total. The third-order valence-corrected chi connectivity index (χ3v) is 2.29. The van der Waals surface area contributed by atoms with Gasteiger partial charge < -0.3 is 15.4 Å². The van der Waals surface area contributed by atoms with Crippen molar-refractivity contribution in [2.75, 3.05) is 26.7 Å². The van der Waals surface area contributed by atoms with E-state index in [-0.39, 0.29) is 24.1 Å². The van der Waals surface area contributed by atoms with Crippen LogP contribution in [0.1, 0.15) is 6.42 Å². The molecular weight excluding hydrogens is 259 g/mol. The van der Waals surface area contributed by atoms with Gasteiger partial charge in [-0.1, -0.05) is 0 Å². The van der Waals surface area contributed by atoms with Crippen LogP contribution in [0.5, 0.6) is 5.75 Å². The molecule has 0 heterocycles. The molecule has 1 rings (SSSR count). The highest BCUT2D eigenvalue weighted by Gasteiger charge is 2.06. The molecule has 1 aromatic rings. The molecule has 0 aliphatic carbocycles. The summed E-state index contributed by atoms with van der Waals surface area (Å²) >= 11 is 0. The Morgan fingerprint density at radius 2 is 2.00 bits per heavy atom. The fraction of sp³-hybridized carbons (Fsp3) is 0.417. The first-order valence-corrected chi connectivity index (χ1v) is 5.46. The molecule has 1 amide bonds. The van der Waals surface area contributed by atoms with Gasteiger partial charge in [-0.2, -0.15) is 0 Å². The van der Waals surface area contributed by atoms with Gasteiger partial charge >= 0.3 is 0 Å². The molecule has 1 aromatic carbocycles. The third-order valence-electron chi connectivity index (χ3n) is 2.29. The lowest BCUT2D eigenvalue weighted by Crippen LogP contribution is -2.32. The highest BCUT2D eigenvalue weighted by Crippen LogP contribution is 2.10. The zero-order valence-electron chi connectivity index (χ0n) is 10.3. The van der Waals surface area contributed by atoms with Crippen molar-refractivity contribution in [3.8, 4) is 5.75 Å². The van der Waals surface area contributed by atoms with Gasteiger partial charge in [0.15, 0.2) is 0 Å². The van der Waals surface area contributed by atoms with E-state index in [1.807, 2.05) is 0 Å². The molecular formula is C12H18ClFN2O2. The summed E-state index contributed by atoms with van der Waals surface area (Å²) in [5.74, 6) is 0.286. The number of hydrogen-bond acceptors (Lipinski definition) is 3. The SMILES string of the molecule is CN(CCOc1ccc(F)cc1)C(=O)CCN.Cl. The van der Waals surface area contributed by atoms with Gasteiger partial charge in [-0.05, 0) is 24.3 Å². The van der Waals surface area contributed by atoms with Crippen LogP contribution in [0.25, 0.3) is 0 Å². The highest BCUT2D eigenvalue weighted by atomic mass is 35.5. The molecule has 0 unspecified atom stereocenters. The number of halogens is 2. The predicted octanol–water partition coefficient (Wildman–Crippen LogP) is 1.43. The van der Waals surface area contributed by atoms with Crippen LogP contribution in [0, 0.1) is 5.82 Å². The maximum atomic E-state index is 12.6. The fourth-order valence-corrected chi connectivity index (χ4v) is 1.27. The normalized spacial score (nSPS) is 9.50. The average molecular weight is 277 g/mol. The van der Waals surface area contributed by atoms with Gasteiger partial charge in [-0.25, -0.2) is 4.39 Å². The average Bonchev–Trinajstić information content (AvgIpc) is 2.32. The zero-order valence-corrected chi connectivity index (χ0v) is 11.1. The number of benzene rings is 1. The summed E-state index contributed by atoms with van der Waals surface area (Å²) in [5, 5.41) is 0. The van der Waals surface area contributed by atoms with Crippen molar-refractivity contribution in [2.24, 2.45) is 5.73 Å². The van der Waals surface area contributed by atoms with Crippen molar-refractivity contribution in [3.05, 3.63) is 30.1 Å². The second kappa shape index (κ2) is 8.72. The monoisotopic (exact) mass is 276 g/mol. The summed E-state index contributed by atoms with van der Waals surface area (Å²) in [6.45, 7) is 1.21. The second-order valence-corrected chi connectivity index (χ2v) is 3.66. The molecule has 0 fully saturated rings. The number of amides is 1. The highest BCUT2D eigenvalue weighted by molar-refractivity contribution is 5.85. The lowest BCUT2D eigenvalue weighted by Gasteiger charge is -2.17. The van der Waals surface area contributed by atoms with Gasteiger partial charge in [-0.3, -0.25) is 4.79 Å². The van der Waals surface area contributed by atoms with Crippen molar-refractivity contribution in [3.63, 3.8) is 0 Å². The number of nitrogens with zero attached hydrogens (tertiary/aromatic N) is 1. The second-order valence-electron chi connectivity index (χ2n) is 3.66. The summed E-state index contributed by atoms with van der Waals surface area (Å²) in [4.78, 5) is 12.9. The van der Waals surface area contributed by atoms with E-state index >= 15 is 0 Å². The van der Waals surface area contributed by atoms with E-state index in [1.54, 1.807) is 24.1 Å². The largest absolute Gasteiger partial charge is 0.492 e. The van der Waals surface area contributed by atoms with Gasteiger partial charge in [-0.15, -0.1) is 12.4 Å². The maximum absolute atomic E-state index is 12.6. The summed E-state index contributed by atoms with van der Waals surface area (Å²) in [6, 6.07) is 5.77. The molecule has 4 nitrogen and oxygen atoms in total. The predicted molar refractivity (Wildman–Crippen MR) is 70.5 cm³/mol. The number of ether oxygens (including phenoxy) is 1. The van der Waals surface area contributed by atoms with E-state index in [4.69, 9.17) is 10.5 Å². The van der Waals surface area contributed by atoms with Crippen LogP contribution in [-0.2, 0) is 4.79 Å². The third kappa shape index (κ3) is 5.84. The van der Waals surface area contributed by atoms with Crippen LogP contribution in [-0.4, -0.2) is 37.6 Å². The first kappa shape index (κ1) is 16.7. The molecule has 18 heavy (non-hydrogen) atoms. The van der Waals surface area contributed by atoms with Gasteiger partial charge in [0, 0.05) is 20.0 Å². The lowest BCUT2D eigenvalue weighted by molar-refractivity contribution is -0.130. The van der Waals surface area contributed by atoms with Crippen LogP contribution in [0.2, 0.25) is 0 Å². The minimum atomic E-state index is -0.299. The Kier molecular flexibility index (Phi) is 8.07. The molecule has 0 atom stereocenters. The van der Waals surface area contributed by atoms with E-state index in [9.17, 15) is 9.18 Å². The van der Waals surface area contributed by atoms with Gasteiger partial charge in [0.25, 0.3) is 0 Å². The number of carbonyl (C=O) groups is 1. The summed E-state index contributed by atoms with van der Waals surface area (Å²) < 4.78 is 18.0. The van der Waals surface area contributed by atoms with E-state index in [2.05, 4.69) is 0 Å². The number of rotatable bonds is 6. The molecule has 0 aliphatic heterocycles. The molecule has 6 heteroatoms. The number of nitrogens with two attached hydrogens (primary N) is 1. The Morgan fingerprint density at radius 1 is 1.39 bits per heavy atom. The summed E-state index contributed by atoms with van der Waals surface area (Å²) in [7, 11) is 1.70. The topological polar surface area (TPSA) is 55.6 Å². The lowest BCUT2D eigenvalue weighted by atomic mass is 10.3. The first-order chi connectivity index (χ1) is 8.13. The van der Waals surface area contributed by atoms with Crippen LogP contribution in [0.15, 0.2) is 24.3 Å². The van der Waals surface area contributed by atoms with Crippen LogP contribution < -0.4 is 10.5 Å². The maximum Gasteiger partial charge on any atom is 0.223 e. The molecule has 0 bridgehead atoms. The number of carbonyl (C=O) groups excluding carboxylic acids is 1. The van der Waals surface area contributed by atoms with Crippen molar-refractivity contribution >= 4 is 18.3 Å². The molecule has 0 saturated heterocycles. The first-order valence-electron chi connectivity index (χ1n) is 5.46. The Hall–Kier alpha value is -1.33. The van der Waals surface area contributed by atoms with Crippen molar-refractivity contribution in [1.82, 2.24) is 4.90 Å².